The summed E-state index contributed by atoms with van der Waals surface area (Å²) >= 11 is 3.58. The van der Waals surface area contributed by atoms with Gasteiger partial charge in [0.05, 0.1) is 6.54 Å². The van der Waals surface area contributed by atoms with Crippen LogP contribution in [0.25, 0.3) is 11.4 Å². The summed E-state index contributed by atoms with van der Waals surface area (Å²) in [5.41, 5.74) is 0.998. The molecular weight excluding hydrogens is 402 g/mol. The standard InChI is InChI=1S/C20H23N7S2/c1-3-8-17(9-4-1)19-22-25-27(24-19)12-5-2-6-14-29-20-23-21-16-26(20)13-11-18-10-7-15-28-18/h1,3-4,7-10,15-16H,2,5-6,11-14H2. The summed E-state index contributed by atoms with van der Waals surface area (Å²) < 4.78 is 2.15. The van der Waals surface area contributed by atoms with E-state index in [4.69, 9.17) is 0 Å². The van der Waals surface area contributed by atoms with Crippen LogP contribution in [0, 0.1) is 0 Å². The Kier molecular flexibility index (Phi) is 7.03. The third-order valence-corrected chi connectivity index (χ3v) is 6.48. The number of benzene rings is 1. The lowest BCUT2D eigenvalue weighted by atomic mass is 10.2. The molecule has 0 spiro atoms. The van der Waals surface area contributed by atoms with Crippen LogP contribution in [0.1, 0.15) is 24.1 Å². The first-order valence-corrected chi connectivity index (χ1v) is 11.6. The number of thiophene rings is 1. The molecule has 0 radical (unpaired) electrons. The smallest absolute Gasteiger partial charge is 0.204 e. The van der Waals surface area contributed by atoms with Gasteiger partial charge in [-0.25, -0.2) is 0 Å². The second-order valence-electron chi connectivity index (χ2n) is 6.62. The van der Waals surface area contributed by atoms with Crippen molar-refractivity contribution in [2.75, 3.05) is 5.75 Å². The highest BCUT2D eigenvalue weighted by molar-refractivity contribution is 7.99. The molecule has 150 valence electrons. The molecule has 0 fully saturated rings. The van der Waals surface area contributed by atoms with Crippen molar-refractivity contribution in [3.63, 3.8) is 0 Å². The molecule has 0 bridgehead atoms. The number of rotatable bonds is 11. The van der Waals surface area contributed by atoms with Crippen molar-refractivity contribution >= 4 is 23.1 Å². The van der Waals surface area contributed by atoms with Crippen molar-refractivity contribution in [1.82, 2.24) is 35.0 Å². The highest BCUT2D eigenvalue weighted by Crippen LogP contribution is 2.19. The minimum Gasteiger partial charge on any atom is -0.308 e. The summed E-state index contributed by atoms with van der Waals surface area (Å²) in [5, 5.41) is 24.2. The number of aryl methyl sites for hydroxylation is 3. The number of tetrazole rings is 1. The van der Waals surface area contributed by atoms with E-state index in [0.717, 1.165) is 55.2 Å². The van der Waals surface area contributed by atoms with Crippen molar-refractivity contribution in [2.24, 2.45) is 0 Å². The van der Waals surface area contributed by atoms with Gasteiger partial charge in [0.1, 0.15) is 6.33 Å². The summed E-state index contributed by atoms with van der Waals surface area (Å²) in [6.45, 7) is 1.72. The molecule has 0 N–H and O–H groups in total. The van der Waals surface area contributed by atoms with E-state index in [1.165, 1.54) is 4.88 Å². The van der Waals surface area contributed by atoms with Gasteiger partial charge >= 0.3 is 0 Å². The minimum atomic E-state index is 0.683. The van der Waals surface area contributed by atoms with E-state index in [0.29, 0.717) is 5.82 Å². The first-order chi connectivity index (χ1) is 14.4. The highest BCUT2D eigenvalue weighted by Gasteiger charge is 2.07. The maximum Gasteiger partial charge on any atom is 0.204 e. The van der Waals surface area contributed by atoms with Crippen LogP contribution in [0.5, 0.6) is 0 Å². The zero-order valence-corrected chi connectivity index (χ0v) is 17.7. The zero-order chi connectivity index (χ0) is 19.7. The quantitative estimate of drug-likeness (QED) is 0.265. The van der Waals surface area contributed by atoms with Crippen molar-refractivity contribution in [3.8, 4) is 11.4 Å². The number of hydrogen-bond donors (Lipinski definition) is 0. The molecular formula is C20H23N7S2. The number of aromatic nitrogens is 7. The Morgan fingerprint density at radius 2 is 1.86 bits per heavy atom. The van der Waals surface area contributed by atoms with E-state index >= 15 is 0 Å². The molecule has 4 rings (SSSR count). The fourth-order valence-electron chi connectivity index (χ4n) is 2.93. The van der Waals surface area contributed by atoms with E-state index in [1.807, 2.05) is 36.7 Å². The van der Waals surface area contributed by atoms with Gasteiger partial charge in [-0.05, 0) is 35.9 Å². The third kappa shape index (κ3) is 5.74. The average Bonchev–Trinajstić information content (AvgIpc) is 3.52. The first-order valence-electron chi connectivity index (χ1n) is 9.75. The Bertz CT molecular complexity index is 979. The molecule has 0 unspecified atom stereocenters. The van der Waals surface area contributed by atoms with Crippen molar-refractivity contribution in [1.29, 1.82) is 0 Å². The van der Waals surface area contributed by atoms with Crippen LogP contribution in [0.2, 0.25) is 0 Å². The van der Waals surface area contributed by atoms with Gasteiger partial charge in [0.25, 0.3) is 0 Å². The molecule has 3 heterocycles. The lowest BCUT2D eigenvalue weighted by molar-refractivity contribution is 0.486. The van der Waals surface area contributed by atoms with Crippen LogP contribution >= 0.6 is 23.1 Å². The van der Waals surface area contributed by atoms with Gasteiger partial charge in [-0.1, -0.05) is 54.6 Å². The summed E-state index contributed by atoms with van der Waals surface area (Å²) in [6, 6.07) is 14.2. The summed E-state index contributed by atoms with van der Waals surface area (Å²) in [5.74, 6) is 1.72. The van der Waals surface area contributed by atoms with Crippen molar-refractivity contribution in [2.45, 2.75) is 43.9 Å². The van der Waals surface area contributed by atoms with Crippen molar-refractivity contribution in [3.05, 3.63) is 59.0 Å². The highest BCUT2D eigenvalue weighted by atomic mass is 32.2. The largest absolute Gasteiger partial charge is 0.308 e. The molecule has 0 atom stereocenters. The average molecular weight is 426 g/mol. The SMILES string of the molecule is c1ccc(-c2nnn(CCCCCSc3nncn3CCc3cccs3)n2)cc1. The van der Waals surface area contributed by atoms with Gasteiger partial charge in [0.15, 0.2) is 5.16 Å². The Morgan fingerprint density at radius 1 is 0.931 bits per heavy atom. The van der Waals surface area contributed by atoms with Crippen LogP contribution in [0.15, 0.2) is 59.3 Å². The molecule has 1 aromatic carbocycles. The van der Waals surface area contributed by atoms with Crippen LogP contribution in [-0.4, -0.2) is 40.7 Å². The normalized spacial score (nSPS) is 11.2. The topological polar surface area (TPSA) is 74.3 Å². The summed E-state index contributed by atoms with van der Waals surface area (Å²) in [4.78, 5) is 3.09. The predicted molar refractivity (Wildman–Crippen MR) is 116 cm³/mol. The molecule has 0 aliphatic rings. The summed E-state index contributed by atoms with van der Waals surface area (Å²) in [6.07, 6.45) is 6.15. The molecule has 3 aromatic heterocycles. The lowest BCUT2D eigenvalue weighted by Crippen LogP contribution is -2.03. The maximum absolute atomic E-state index is 4.46. The van der Waals surface area contributed by atoms with Crippen LogP contribution in [0.4, 0.5) is 0 Å². The van der Waals surface area contributed by atoms with Gasteiger partial charge in [-0.3, -0.25) is 0 Å². The summed E-state index contributed by atoms with van der Waals surface area (Å²) in [7, 11) is 0. The Hall–Kier alpha value is -2.52. The molecule has 0 saturated carbocycles. The molecule has 29 heavy (non-hydrogen) atoms. The Labute approximate surface area is 178 Å². The van der Waals surface area contributed by atoms with Gasteiger partial charge < -0.3 is 4.57 Å². The van der Waals surface area contributed by atoms with Gasteiger partial charge in [0, 0.05) is 22.7 Å². The number of nitrogens with zero attached hydrogens (tertiary/aromatic N) is 7. The van der Waals surface area contributed by atoms with Crippen LogP contribution in [0.3, 0.4) is 0 Å². The predicted octanol–water partition coefficient (Wildman–Crippen LogP) is 4.20. The molecule has 0 saturated heterocycles. The second kappa shape index (κ2) is 10.3. The monoisotopic (exact) mass is 425 g/mol. The van der Waals surface area contributed by atoms with E-state index < -0.39 is 0 Å². The molecule has 0 aliphatic carbocycles. The second-order valence-corrected chi connectivity index (χ2v) is 8.71. The molecule has 0 aliphatic heterocycles. The van der Waals surface area contributed by atoms with E-state index in [2.05, 4.69) is 47.7 Å². The van der Waals surface area contributed by atoms with Crippen molar-refractivity contribution < 1.29 is 0 Å². The Balaban J connectivity index is 1.14. The van der Waals surface area contributed by atoms with E-state index in [9.17, 15) is 0 Å². The Morgan fingerprint density at radius 3 is 2.72 bits per heavy atom. The number of unbranched alkanes of at least 4 members (excludes halogenated alkanes) is 2. The zero-order valence-electron chi connectivity index (χ0n) is 16.1. The number of hydrogen-bond acceptors (Lipinski definition) is 7. The fraction of sp³-hybridized carbons (Fsp3) is 0.350. The molecule has 0 amide bonds. The maximum atomic E-state index is 4.46. The van der Waals surface area contributed by atoms with E-state index in [1.54, 1.807) is 27.9 Å². The molecule has 9 heteroatoms. The van der Waals surface area contributed by atoms with Gasteiger partial charge in [0.2, 0.25) is 5.82 Å². The molecule has 7 nitrogen and oxygen atoms in total. The third-order valence-electron chi connectivity index (χ3n) is 4.48. The van der Waals surface area contributed by atoms with Gasteiger partial charge in [-0.2, -0.15) is 4.80 Å². The van der Waals surface area contributed by atoms with E-state index in [-0.39, 0.29) is 0 Å². The lowest BCUT2D eigenvalue weighted by Gasteiger charge is -2.05. The first kappa shape index (κ1) is 19.8. The molecule has 4 aromatic rings. The van der Waals surface area contributed by atoms with Crippen LogP contribution < -0.4 is 0 Å². The minimum absolute atomic E-state index is 0.683. The van der Waals surface area contributed by atoms with Crippen LogP contribution in [-0.2, 0) is 19.5 Å². The number of thioether (sulfide) groups is 1. The fourth-order valence-corrected chi connectivity index (χ4v) is 4.57. The van der Waals surface area contributed by atoms with Gasteiger partial charge in [-0.15, -0.1) is 31.7 Å².